The minimum Gasteiger partial charge on any atom is -0.379 e. The molecule has 6 nitrogen and oxygen atoms in total. The highest BCUT2D eigenvalue weighted by molar-refractivity contribution is 14.0. The van der Waals surface area contributed by atoms with Gasteiger partial charge in [-0.1, -0.05) is 26.7 Å². The number of halogens is 1. The van der Waals surface area contributed by atoms with Crippen LogP contribution >= 0.6 is 24.0 Å². The summed E-state index contributed by atoms with van der Waals surface area (Å²) in [6, 6.07) is 0.544. The van der Waals surface area contributed by atoms with Gasteiger partial charge >= 0.3 is 0 Å². The lowest BCUT2D eigenvalue weighted by molar-refractivity contribution is 0.0389. The van der Waals surface area contributed by atoms with Crippen molar-refractivity contribution < 1.29 is 4.74 Å². The fraction of sp³-hybridized carbons (Fsp3) is 0.950. The molecule has 7 heteroatoms. The molecule has 1 atom stereocenters. The monoisotopic (exact) mass is 495 g/mol. The van der Waals surface area contributed by atoms with Crippen molar-refractivity contribution in [1.29, 1.82) is 0 Å². The SMILES string of the molecule is CCNC(=NCC(C(C)C)N1CCCCCC1)NCCN1CCOCC1.I. The van der Waals surface area contributed by atoms with E-state index in [0.29, 0.717) is 12.0 Å². The Bertz CT molecular complexity index is 394. The molecule has 0 aromatic rings. The fourth-order valence-corrected chi connectivity index (χ4v) is 3.86. The predicted octanol–water partition coefficient (Wildman–Crippen LogP) is 2.39. The van der Waals surface area contributed by atoms with E-state index < -0.39 is 0 Å². The molecule has 27 heavy (non-hydrogen) atoms. The van der Waals surface area contributed by atoms with Crippen LogP contribution in [0.3, 0.4) is 0 Å². The first kappa shape index (κ1) is 24.9. The standard InChI is InChI=1S/C20H41N5O.HI/c1-4-21-20(22-9-12-24-13-15-26-16-14-24)23-17-19(18(2)3)25-10-7-5-6-8-11-25;/h18-19H,4-17H2,1-3H3,(H2,21,22,23);1H. The van der Waals surface area contributed by atoms with Crippen molar-refractivity contribution in [2.45, 2.75) is 52.5 Å². The largest absolute Gasteiger partial charge is 0.379 e. The number of likely N-dealkylation sites (tertiary alicyclic amines) is 1. The normalized spacial score (nSPS) is 21.4. The maximum absolute atomic E-state index is 5.42. The van der Waals surface area contributed by atoms with Gasteiger partial charge in [0, 0.05) is 38.8 Å². The molecule has 0 bridgehead atoms. The van der Waals surface area contributed by atoms with Gasteiger partial charge in [0.25, 0.3) is 0 Å². The molecule has 160 valence electrons. The van der Waals surface area contributed by atoms with E-state index in [1.165, 1.54) is 38.8 Å². The van der Waals surface area contributed by atoms with Gasteiger partial charge in [0.15, 0.2) is 5.96 Å². The minimum absolute atomic E-state index is 0. The summed E-state index contributed by atoms with van der Waals surface area (Å²) >= 11 is 0. The number of hydrogen-bond acceptors (Lipinski definition) is 4. The van der Waals surface area contributed by atoms with E-state index in [0.717, 1.165) is 58.4 Å². The van der Waals surface area contributed by atoms with Crippen LogP contribution in [0.1, 0.15) is 46.5 Å². The van der Waals surface area contributed by atoms with Crippen LogP contribution < -0.4 is 10.6 Å². The van der Waals surface area contributed by atoms with Gasteiger partial charge in [-0.2, -0.15) is 0 Å². The number of nitrogens with one attached hydrogen (secondary N) is 2. The van der Waals surface area contributed by atoms with Crippen LogP contribution in [0.25, 0.3) is 0 Å². The van der Waals surface area contributed by atoms with Gasteiger partial charge in [0.1, 0.15) is 0 Å². The van der Waals surface area contributed by atoms with E-state index in [2.05, 4.69) is 41.2 Å². The Balaban J connectivity index is 0.00000364. The lowest BCUT2D eigenvalue weighted by atomic mass is 10.0. The van der Waals surface area contributed by atoms with Gasteiger partial charge in [0.05, 0.1) is 19.8 Å². The van der Waals surface area contributed by atoms with Gasteiger partial charge in [-0.05, 0) is 38.8 Å². The smallest absolute Gasteiger partial charge is 0.191 e. The maximum Gasteiger partial charge on any atom is 0.191 e. The summed E-state index contributed by atoms with van der Waals surface area (Å²) in [4.78, 5) is 10.1. The zero-order valence-corrected chi connectivity index (χ0v) is 20.0. The third-order valence-electron chi connectivity index (χ3n) is 5.48. The molecule has 0 radical (unpaired) electrons. The summed E-state index contributed by atoms with van der Waals surface area (Å²) in [6.07, 6.45) is 5.45. The van der Waals surface area contributed by atoms with Crippen LogP contribution in [-0.2, 0) is 4.74 Å². The molecule has 2 saturated heterocycles. The van der Waals surface area contributed by atoms with Crippen LogP contribution in [0.15, 0.2) is 4.99 Å². The van der Waals surface area contributed by atoms with Crippen molar-refractivity contribution in [3.05, 3.63) is 0 Å². The van der Waals surface area contributed by atoms with Crippen molar-refractivity contribution in [3.63, 3.8) is 0 Å². The molecule has 2 N–H and O–H groups in total. The number of morpholine rings is 1. The summed E-state index contributed by atoms with van der Waals surface area (Å²) in [5.41, 5.74) is 0. The second-order valence-corrected chi connectivity index (χ2v) is 7.86. The third kappa shape index (κ3) is 9.76. The van der Waals surface area contributed by atoms with E-state index in [1.54, 1.807) is 0 Å². The Morgan fingerprint density at radius 3 is 2.26 bits per heavy atom. The number of ether oxygens (including phenoxy) is 1. The molecular weight excluding hydrogens is 453 g/mol. The molecule has 0 saturated carbocycles. The van der Waals surface area contributed by atoms with Crippen molar-refractivity contribution in [2.75, 3.05) is 65.6 Å². The zero-order valence-electron chi connectivity index (χ0n) is 17.7. The Labute approximate surface area is 183 Å². The Hall–Kier alpha value is -0.120. The van der Waals surface area contributed by atoms with Crippen LogP contribution in [0, 0.1) is 5.92 Å². The van der Waals surface area contributed by atoms with Gasteiger partial charge < -0.3 is 15.4 Å². The molecule has 2 fully saturated rings. The van der Waals surface area contributed by atoms with E-state index in [-0.39, 0.29) is 24.0 Å². The molecule has 0 spiro atoms. The van der Waals surface area contributed by atoms with Crippen LogP contribution in [0.4, 0.5) is 0 Å². The average molecular weight is 495 g/mol. The molecule has 2 rings (SSSR count). The van der Waals surface area contributed by atoms with E-state index >= 15 is 0 Å². The first-order chi connectivity index (χ1) is 12.7. The number of guanidine groups is 1. The molecule has 0 aromatic heterocycles. The van der Waals surface area contributed by atoms with Crippen molar-refractivity contribution in [2.24, 2.45) is 10.9 Å². The summed E-state index contributed by atoms with van der Waals surface area (Å²) in [5.74, 6) is 1.59. The highest BCUT2D eigenvalue weighted by Crippen LogP contribution is 2.17. The lowest BCUT2D eigenvalue weighted by Gasteiger charge is -2.32. The summed E-state index contributed by atoms with van der Waals surface area (Å²) in [5, 5.41) is 6.92. The average Bonchev–Trinajstić information content (AvgIpc) is 2.92. The molecular formula is C20H42IN5O. The molecule has 2 aliphatic heterocycles. The van der Waals surface area contributed by atoms with Crippen LogP contribution in [0.2, 0.25) is 0 Å². The van der Waals surface area contributed by atoms with Crippen molar-refractivity contribution in [1.82, 2.24) is 20.4 Å². The number of aliphatic imine (C=N–C) groups is 1. The maximum atomic E-state index is 5.42. The second-order valence-electron chi connectivity index (χ2n) is 7.86. The quantitative estimate of drug-likeness (QED) is 0.308. The van der Waals surface area contributed by atoms with Gasteiger partial charge in [0.2, 0.25) is 0 Å². The molecule has 2 aliphatic rings. The number of rotatable bonds is 8. The van der Waals surface area contributed by atoms with E-state index in [9.17, 15) is 0 Å². The van der Waals surface area contributed by atoms with Gasteiger partial charge in [-0.15, -0.1) is 24.0 Å². The molecule has 0 aliphatic carbocycles. The van der Waals surface area contributed by atoms with Gasteiger partial charge in [-0.25, -0.2) is 0 Å². The predicted molar refractivity (Wildman–Crippen MR) is 125 cm³/mol. The third-order valence-corrected chi connectivity index (χ3v) is 5.48. The van der Waals surface area contributed by atoms with E-state index in [4.69, 9.17) is 9.73 Å². The zero-order chi connectivity index (χ0) is 18.6. The summed E-state index contributed by atoms with van der Waals surface area (Å²) < 4.78 is 5.42. The Kier molecular flexibility index (Phi) is 13.7. The summed E-state index contributed by atoms with van der Waals surface area (Å²) in [6.45, 7) is 16.8. The minimum atomic E-state index is 0. The van der Waals surface area contributed by atoms with Gasteiger partial charge in [-0.3, -0.25) is 14.8 Å². The highest BCUT2D eigenvalue weighted by atomic mass is 127. The molecule has 2 heterocycles. The first-order valence-electron chi connectivity index (χ1n) is 10.8. The highest BCUT2D eigenvalue weighted by Gasteiger charge is 2.22. The Morgan fingerprint density at radius 1 is 1.00 bits per heavy atom. The molecule has 1 unspecified atom stereocenters. The Morgan fingerprint density at radius 2 is 1.67 bits per heavy atom. The summed E-state index contributed by atoms with van der Waals surface area (Å²) in [7, 11) is 0. The molecule has 0 amide bonds. The number of hydrogen-bond donors (Lipinski definition) is 2. The number of nitrogens with zero attached hydrogens (tertiary/aromatic N) is 3. The van der Waals surface area contributed by atoms with Crippen LogP contribution in [-0.4, -0.2) is 87.4 Å². The second kappa shape index (κ2) is 14.8. The molecule has 0 aromatic carbocycles. The van der Waals surface area contributed by atoms with Crippen molar-refractivity contribution >= 4 is 29.9 Å². The topological polar surface area (TPSA) is 52.1 Å². The first-order valence-corrected chi connectivity index (χ1v) is 10.8. The van der Waals surface area contributed by atoms with Crippen molar-refractivity contribution in [3.8, 4) is 0 Å². The lowest BCUT2D eigenvalue weighted by Crippen LogP contribution is -2.46. The van der Waals surface area contributed by atoms with Crippen LogP contribution in [0.5, 0.6) is 0 Å². The fourth-order valence-electron chi connectivity index (χ4n) is 3.86. The van der Waals surface area contributed by atoms with E-state index in [1.807, 2.05) is 0 Å².